The summed E-state index contributed by atoms with van der Waals surface area (Å²) in [7, 11) is 0. The van der Waals surface area contributed by atoms with Gasteiger partial charge in [0.25, 0.3) is 11.8 Å². The molecule has 0 N–H and O–H groups in total. The molecule has 0 saturated carbocycles. The number of hydrogen-bond acceptors (Lipinski definition) is 5. The number of carbonyl (C=O) groups is 2. The summed E-state index contributed by atoms with van der Waals surface area (Å²) in [6, 6.07) is 9.82. The van der Waals surface area contributed by atoms with Gasteiger partial charge in [-0.3, -0.25) is 14.5 Å². The summed E-state index contributed by atoms with van der Waals surface area (Å²) in [6.45, 7) is 10.4. The van der Waals surface area contributed by atoms with Gasteiger partial charge in [-0.2, -0.15) is 0 Å². The first kappa shape index (κ1) is 20.9. The van der Waals surface area contributed by atoms with E-state index in [-0.39, 0.29) is 11.8 Å². The average molecular weight is 425 g/mol. The second kappa shape index (κ2) is 8.78. The first-order chi connectivity index (χ1) is 14.5. The van der Waals surface area contributed by atoms with Crippen LogP contribution in [-0.4, -0.2) is 65.4 Å². The van der Waals surface area contributed by atoms with E-state index in [1.54, 1.807) is 12.3 Å². The number of fused-ring (bicyclic) bond motifs is 2. The summed E-state index contributed by atoms with van der Waals surface area (Å²) >= 11 is 1.47. The van der Waals surface area contributed by atoms with E-state index in [1.165, 1.54) is 11.8 Å². The SMILES string of the molecule is CCCN1C(=O)c2cccnc2Sc2cc(C(=O)N3CCN(C(C)C)CC3)ccc21. The third-order valence-corrected chi connectivity index (χ3v) is 6.80. The Morgan fingerprint density at radius 2 is 1.93 bits per heavy atom. The van der Waals surface area contributed by atoms with Crippen LogP contribution in [0.25, 0.3) is 0 Å². The Hall–Kier alpha value is -2.38. The van der Waals surface area contributed by atoms with Crippen LogP contribution in [0.5, 0.6) is 0 Å². The molecule has 0 unspecified atom stereocenters. The topological polar surface area (TPSA) is 56.8 Å². The predicted octanol–water partition coefficient (Wildman–Crippen LogP) is 3.77. The Morgan fingerprint density at radius 3 is 2.63 bits per heavy atom. The fraction of sp³-hybridized carbons (Fsp3) is 0.435. The van der Waals surface area contributed by atoms with Crippen LogP contribution in [-0.2, 0) is 0 Å². The molecule has 4 rings (SSSR count). The number of piperazine rings is 1. The molecule has 158 valence electrons. The molecule has 0 spiro atoms. The summed E-state index contributed by atoms with van der Waals surface area (Å²) < 4.78 is 0. The molecule has 30 heavy (non-hydrogen) atoms. The number of pyridine rings is 1. The van der Waals surface area contributed by atoms with Crippen molar-refractivity contribution in [2.24, 2.45) is 0 Å². The minimum atomic E-state index is -0.0323. The Kier molecular flexibility index (Phi) is 6.11. The lowest BCUT2D eigenvalue weighted by Gasteiger charge is -2.37. The van der Waals surface area contributed by atoms with Crippen molar-refractivity contribution in [1.29, 1.82) is 0 Å². The third-order valence-electron chi connectivity index (χ3n) is 5.73. The molecule has 0 atom stereocenters. The van der Waals surface area contributed by atoms with Crippen LogP contribution < -0.4 is 4.90 Å². The molecule has 2 aliphatic rings. The number of anilines is 1. The summed E-state index contributed by atoms with van der Waals surface area (Å²) in [6.07, 6.45) is 2.56. The number of hydrogen-bond donors (Lipinski definition) is 0. The van der Waals surface area contributed by atoms with Crippen LogP contribution in [0.1, 0.15) is 47.9 Å². The maximum Gasteiger partial charge on any atom is 0.261 e. The number of amides is 2. The smallest absolute Gasteiger partial charge is 0.261 e. The Labute approximate surface area is 182 Å². The standard InChI is InChI=1S/C23H28N4O2S/c1-4-10-27-19-8-7-17(22(28)26-13-11-25(12-14-26)16(2)3)15-20(19)30-21-18(23(27)29)6-5-9-24-21/h5-9,15-16H,4,10-14H2,1-3H3. The van der Waals surface area contributed by atoms with Gasteiger partial charge in [0.05, 0.1) is 11.3 Å². The monoisotopic (exact) mass is 424 g/mol. The lowest BCUT2D eigenvalue weighted by atomic mass is 10.1. The molecule has 2 aromatic rings. The largest absolute Gasteiger partial charge is 0.336 e. The van der Waals surface area contributed by atoms with Crippen LogP contribution in [0.15, 0.2) is 46.5 Å². The molecule has 2 aliphatic heterocycles. The first-order valence-electron chi connectivity index (χ1n) is 10.6. The Bertz CT molecular complexity index is 954. The maximum atomic E-state index is 13.2. The third kappa shape index (κ3) is 3.96. The number of nitrogens with zero attached hydrogens (tertiary/aromatic N) is 4. The van der Waals surface area contributed by atoms with Crippen molar-refractivity contribution in [1.82, 2.24) is 14.8 Å². The van der Waals surface area contributed by atoms with Crippen molar-refractivity contribution in [2.45, 2.75) is 43.2 Å². The van der Waals surface area contributed by atoms with Gasteiger partial charge in [0.2, 0.25) is 0 Å². The van der Waals surface area contributed by atoms with Crippen LogP contribution in [0, 0.1) is 0 Å². The van der Waals surface area contributed by atoms with E-state index in [1.807, 2.05) is 34.1 Å². The van der Waals surface area contributed by atoms with Crippen molar-refractivity contribution >= 4 is 29.3 Å². The van der Waals surface area contributed by atoms with E-state index < -0.39 is 0 Å². The number of rotatable bonds is 4. The van der Waals surface area contributed by atoms with E-state index in [2.05, 4.69) is 30.7 Å². The maximum absolute atomic E-state index is 13.2. The lowest BCUT2D eigenvalue weighted by molar-refractivity contribution is 0.0595. The molecule has 2 amide bonds. The number of aromatic nitrogens is 1. The van der Waals surface area contributed by atoms with Gasteiger partial charge in [-0.25, -0.2) is 4.98 Å². The summed E-state index contributed by atoms with van der Waals surface area (Å²) in [5.74, 6) is 0.0238. The van der Waals surface area contributed by atoms with Crippen molar-refractivity contribution in [3.8, 4) is 0 Å². The van der Waals surface area contributed by atoms with E-state index in [9.17, 15) is 9.59 Å². The molecular formula is C23H28N4O2S. The molecule has 7 heteroatoms. The van der Waals surface area contributed by atoms with E-state index in [0.29, 0.717) is 28.7 Å². The molecular weight excluding hydrogens is 396 g/mol. The Balaban J connectivity index is 1.64. The van der Waals surface area contributed by atoms with E-state index in [0.717, 1.165) is 43.2 Å². The van der Waals surface area contributed by atoms with Crippen molar-refractivity contribution in [3.63, 3.8) is 0 Å². The van der Waals surface area contributed by atoms with Gasteiger partial charge < -0.3 is 9.80 Å². The van der Waals surface area contributed by atoms with Crippen molar-refractivity contribution in [3.05, 3.63) is 47.7 Å². The first-order valence-corrected chi connectivity index (χ1v) is 11.4. The molecule has 0 aliphatic carbocycles. The minimum absolute atomic E-state index is 0.0323. The van der Waals surface area contributed by atoms with Gasteiger partial charge in [0.15, 0.2) is 0 Å². The lowest BCUT2D eigenvalue weighted by Crippen LogP contribution is -2.50. The highest BCUT2D eigenvalue weighted by molar-refractivity contribution is 7.99. The van der Waals surface area contributed by atoms with Crippen molar-refractivity contribution < 1.29 is 9.59 Å². The zero-order chi connectivity index (χ0) is 21.3. The average Bonchev–Trinajstić information content (AvgIpc) is 2.88. The van der Waals surface area contributed by atoms with E-state index in [4.69, 9.17) is 0 Å². The molecule has 0 radical (unpaired) electrons. The molecule has 0 bridgehead atoms. The zero-order valence-electron chi connectivity index (χ0n) is 17.8. The molecule has 1 saturated heterocycles. The minimum Gasteiger partial charge on any atom is -0.336 e. The van der Waals surface area contributed by atoms with Gasteiger partial charge >= 0.3 is 0 Å². The molecule has 6 nitrogen and oxygen atoms in total. The highest BCUT2D eigenvalue weighted by Crippen LogP contribution is 2.41. The van der Waals surface area contributed by atoms with Crippen LogP contribution in [0.4, 0.5) is 5.69 Å². The van der Waals surface area contributed by atoms with Crippen LogP contribution in [0.2, 0.25) is 0 Å². The van der Waals surface area contributed by atoms with Gasteiger partial charge in [-0.1, -0.05) is 18.7 Å². The number of carbonyl (C=O) groups excluding carboxylic acids is 2. The quantitative estimate of drug-likeness (QED) is 0.748. The molecule has 1 aromatic carbocycles. The highest BCUT2D eigenvalue weighted by Gasteiger charge is 2.29. The molecule has 3 heterocycles. The summed E-state index contributed by atoms with van der Waals surface area (Å²) in [4.78, 5) is 37.8. The van der Waals surface area contributed by atoms with Gasteiger partial charge in [0, 0.05) is 55.4 Å². The fourth-order valence-corrected chi connectivity index (χ4v) is 5.07. The van der Waals surface area contributed by atoms with Crippen molar-refractivity contribution in [2.75, 3.05) is 37.6 Å². The van der Waals surface area contributed by atoms with Crippen LogP contribution >= 0.6 is 11.8 Å². The molecule has 1 fully saturated rings. The number of benzene rings is 1. The van der Waals surface area contributed by atoms with Gasteiger partial charge in [0.1, 0.15) is 5.03 Å². The predicted molar refractivity (Wildman–Crippen MR) is 119 cm³/mol. The van der Waals surface area contributed by atoms with Crippen LogP contribution in [0.3, 0.4) is 0 Å². The zero-order valence-corrected chi connectivity index (χ0v) is 18.6. The normalized spacial score (nSPS) is 17.0. The fourth-order valence-electron chi connectivity index (χ4n) is 4.02. The second-order valence-electron chi connectivity index (χ2n) is 8.02. The van der Waals surface area contributed by atoms with E-state index >= 15 is 0 Å². The van der Waals surface area contributed by atoms with Gasteiger partial charge in [-0.15, -0.1) is 0 Å². The Morgan fingerprint density at radius 1 is 1.17 bits per heavy atom. The molecule has 1 aromatic heterocycles. The summed E-state index contributed by atoms with van der Waals surface area (Å²) in [5.41, 5.74) is 2.14. The second-order valence-corrected chi connectivity index (χ2v) is 9.05. The summed E-state index contributed by atoms with van der Waals surface area (Å²) in [5, 5.41) is 0.692. The van der Waals surface area contributed by atoms with Gasteiger partial charge in [-0.05, 0) is 50.6 Å². The highest BCUT2D eigenvalue weighted by atomic mass is 32.2.